The lowest BCUT2D eigenvalue weighted by atomic mass is 10.2. The average Bonchev–Trinajstić information content (AvgIpc) is 2.02. The van der Waals surface area contributed by atoms with Crippen molar-refractivity contribution in [2.24, 2.45) is 0 Å². The van der Waals surface area contributed by atoms with Gasteiger partial charge in [0, 0.05) is 0 Å². The molecule has 0 radical (unpaired) electrons. The first-order valence-electron chi connectivity index (χ1n) is 3.39. The minimum Gasteiger partial charge on any atom is -0.248 e. The van der Waals surface area contributed by atoms with Gasteiger partial charge in [-0.2, -0.15) is 8.42 Å². The van der Waals surface area contributed by atoms with Crippen LogP contribution in [0.4, 0.5) is 0 Å². The molecule has 64 valence electrons. The Morgan fingerprint density at radius 1 is 1.17 bits per heavy atom. The van der Waals surface area contributed by atoms with E-state index in [9.17, 15) is 8.42 Å². The molecule has 0 fully saturated rings. The van der Waals surface area contributed by atoms with Crippen LogP contribution in [0.3, 0.4) is 0 Å². The summed E-state index contributed by atoms with van der Waals surface area (Å²) >= 11 is 0. The second kappa shape index (κ2) is 3.51. The molecular weight excluding hydrogens is 174 g/mol. The Kier molecular flexibility index (Phi) is 2.62. The van der Waals surface area contributed by atoms with Crippen LogP contribution in [0.1, 0.15) is 5.56 Å². The third-order valence-corrected chi connectivity index (χ3v) is 1.82. The molecule has 0 amide bonds. The standard InChI is InChI=1S/C8H9NO2S/c9-12(10,11)7-6-8-4-2-1-3-5-8/h1-7H,(H2,9,10,11)/p+1. The van der Waals surface area contributed by atoms with E-state index in [2.05, 4.69) is 5.14 Å². The topological polar surface area (TPSA) is 61.8 Å². The molecule has 0 heterocycles. The van der Waals surface area contributed by atoms with Crippen molar-refractivity contribution in [1.29, 1.82) is 0 Å². The fourth-order valence-corrected chi connectivity index (χ4v) is 1.11. The third-order valence-electron chi connectivity index (χ3n) is 1.27. The quantitative estimate of drug-likeness (QED) is 0.715. The van der Waals surface area contributed by atoms with Gasteiger partial charge in [0.2, 0.25) is 0 Å². The van der Waals surface area contributed by atoms with Crippen molar-refractivity contribution in [2.45, 2.75) is 0 Å². The van der Waals surface area contributed by atoms with E-state index in [1.165, 1.54) is 6.08 Å². The smallest absolute Gasteiger partial charge is 0.248 e. The van der Waals surface area contributed by atoms with Crippen molar-refractivity contribution >= 4 is 16.1 Å². The van der Waals surface area contributed by atoms with Crippen molar-refractivity contribution in [3.05, 3.63) is 41.3 Å². The second-order valence-electron chi connectivity index (χ2n) is 2.38. The number of hydrogen-bond donors (Lipinski definition) is 1. The lowest BCUT2D eigenvalue weighted by Gasteiger charge is -1.88. The second-order valence-corrected chi connectivity index (χ2v) is 3.97. The van der Waals surface area contributed by atoms with Gasteiger partial charge >= 0.3 is 10.0 Å². The third kappa shape index (κ3) is 3.32. The van der Waals surface area contributed by atoms with Crippen molar-refractivity contribution in [1.82, 2.24) is 0 Å². The first-order valence-corrected chi connectivity index (χ1v) is 5.11. The molecule has 0 aliphatic heterocycles. The Balaban J connectivity index is 2.85. The van der Waals surface area contributed by atoms with Gasteiger partial charge < -0.3 is 0 Å². The van der Waals surface area contributed by atoms with Crippen LogP contribution in [0.2, 0.25) is 0 Å². The molecule has 1 aromatic rings. The molecule has 0 aliphatic rings. The highest BCUT2D eigenvalue weighted by Gasteiger charge is 1.96. The maximum absolute atomic E-state index is 10.6. The molecule has 0 spiro atoms. The van der Waals surface area contributed by atoms with Crippen molar-refractivity contribution < 1.29 is 13.6 Å². The van der Waals surface area contributed by atoms with E-state index >= 15 is 0 Å². The van der Waals surface area contributed by atoms with Crippen LogP contribution in [0.15, 0.2) is 35.7 Å². The Morgan fingerprint density at radius 3 is 2.25 bits per heavy atom. The van der Waals surface area contributed by atoms with Crippen LogP contribution >= 0.6 is 0 Å². The molecule has 12 heavy (non-hydrogen) atoms. The highest BCUT2D eigenvalue weighted by Crippen LogP contribution is 2.00. The minimum atomic E-state index is -3.25. The Morgan fingerprint density at radius 2 is 1.75 bits per heavy atom. The summed E-state index contributed by atoms with van der Waals surface area (Å²) in [6, 6.07) is 9.20. The molecule has 0 saturated carbocycles. The monoisotopic (exact) mass is 184 g/mol. The lowest BCUT2D eigenvalue weighted by Crippen LogP contribution is -2.54. The van der Waals surface area contributed by atoms with Gasteiger partial charge in [-0.15, -0.1) is 0 Å². The van der Waals surface area contributed by atoms with E-state index in [-0.39, 0.29) is 0 Å². The van der Waals surface area contributed by atoms with Crippen molar-refractivity contribution in [3.63, 3.8) is 0 Å². The predicted molar refractivity (Wildman–Crippen MR) is 47.3 cm³/mol. The zero-order valence-corrected chi connectivity index (χ0v) is 7.29. The average molecular weight is 184 g/mol. The van der Waals surface area contributed by atoms with Gasteiger partial charge in [0.25, 0.3) is 0 Å². The van der Waals surface area contributed by atoms with Crippen LogP contribution < -0.4 is 5.14 Å². The van der Waals surface area contributed by atoms with Gasteiger partial charge in [0.1, 0.15) is 0 Å². The van der Waals surface area contributed by atoms with Gasteiger partial charge in [-0.1, -0.05) is 30.3 Å². The van der Waals surface area contributed by atoms with E-state index in [1.54, 1.807) is 0 Å². The van der Waals surface area contributed by atoms with E-state index in [1.807, 2.05) is 30.3 Å². The summed E-state index contributed by atoms with van der Waals surface area (Å²) in [5.41, 5.74) is 0.852. The van der Waals surface area contributed by atoms with Crippen LogP contribution in [-0.4, -0.2) is 8.42 Å². The molecule has 0 atom stereocenters. The number of benzene rings is 1. The van der Waals surface area contributed by atoms with E-state index < -0.39 is 10.0 Å². The molecule has 3 nitrogen and oxygen atoms in total. The molecule has 1 aromatic carbocycles. The highest BCUT2D eigenvalue weighted by atomic mass is 32.2. The van der Waals surface area contributed by atoms with Crippen LogP contribution in [-0.2, 0) is 10.0 Å². The largest absolute Gasteiger partial charge is 0.315 e. The summed E-state index contributed by atoms with van der Waals surface area (Å²) in [6.45, 7) is 0. The Hall–Kier alpha value is -1.13. The van der Waals surface area contributed by atoms with Gasteiger partial charge in [-0.05, 0) is 11.6 Å². The fraction of sp³-hybridized carbons (Fsp3) is 0. The van der Waals surface area contributed by atoms with Crippen molar-refractivity contribution in [3.8, 4) is 0 Å². The first-order chi connectivity index (χ1) is 5.58. The van der Waals surface area contributed by atoms with Crippen LogP contribution in [0.25, 0.3) is 6.08 Å². The Bertz CT molecular complexity index is 367. The maximum Gasteiger partial charge on any atom is 0.315 e. The normalized spacial score (nSPS) is 12.1. The maximum atomic E-state index is 10.6. The summed E-state index contributed by atoms with van der Waals surface area (Å²) in [7, 11) is -3.25. The molecular formula is C8H10NO2S+. The highest BCUT2D eigenvalue weighted by molar-refractivity contribution is 7.87. The van der Waals surface area contributed by atoms with Gasteiger partial charge in [0.05, 0.1) is 5.41 Å². The summed E-state index contributed by atoms with van der Waals surface area (Å²) in [6.07, 6.45) is 1.52. The molecule has 0 aromatic heterocycles. The SMILES string of the molecule is [NH3+]S(=O)(=O)C=Cc1ccccc1. The molecule has 0 saturated heterocycles. The number of hydrogen-bond acceptors (Lipinski definition) is 2. The van der Waals surface area contributed by atoms with Crippen LogP contribution in [0, 0.1) is 0 Å². The fourth-order valence-electron chi connectivity index (χ4n) is 0.746. The van der Waals surface area contributed by atoms with Gasteiger partial charge in [-0.3, -0.25) is 0 Å². The van der Waals surface area contributed by atoms with Gasteiger partial charge in [0.15, 0.2) is 0 Å². The number of rotatable bonds is 2. The summed E-state index contributed by atoms with van der Waals surface area (Å²) in [4.78, 5) is 0. The van der Waals surface area contributed by atoms with E-state index in [0.717, 1.165) is 11.0 Å². The first kappa shape index (κ1) is 8.96. The Labute approximate surface area is 71.6 Å². The van der Waals surface area contributed by atoms with E-state index in [0.29, 0.717) is 0 Å². The molecule has 3 N–H and O–H groups in total. The van der Waals surface area contributed by atoms with Gasteiger partial charge in [-0.25, -0.2) is 5.14 Å². The molecule has 0 bridgehead atoms. The summed E-state index contributed by atoms with van der Waals surface area (Å²) in [5, 5.41) is 4.06. The molecule has 0 aliphatic carbocycles. The van der Waals surface area contributed by atoms with Crippen LogP contribution in [0.5, 0.6) is 0 Å². The lowest BCUT2D eigenvalue weighted by molar-refractivity contribution is -0.161. The molecule has 1 rings (SSSR count). The zero-order chi connectivity index (χ0) is 9.03. The summed E-state index contributed by atoms with van der Waals surface area (Å²) in [5.74, 6) is 0. The van der Waals surface area contributed by atoms with E-state index in [4.69, 9.17) is 0 Å². The minimum absolute atomic E-state index is 0.852. The zero-order valence-electron chi connectivity index (χ0n) is 6.47. The predicted octanol–water partition coefficient (Wildman–Crippen LogP) is 0.229. The summed E-state index contributed by atoms with van der Waals surface area (Å²) < 4.78 is 21.2. The molecule has 4 heteroatoms. The number of quaternary nitrogens is 1. The number of sulfonamides is 1. The molecule has 0 unspecified atom stereocenters. The van der Waals surface area contributed by atoms with Crippen molar-refractivity contribution in [2.75, 3.05) is 0 Å².